The quantitative estimate of drug-likeness (QED) is 0.667. The lowest BCUT2D eigenvalue weighted by Crippen LogP contribution is -2.04. The van der Waals surface area contributed by atoms with Crippen LogP contribution in [0.3, 0.4) is 0 Å². The Kier molecular flexibility index (Phi) is 3.48. The molecule has 0 bridgehead atoms. The van der Waals surface area contributed by atoms with Gasteiger partial charge in [0.15, 0.2) is 10.4 Å². The Balaban J connectivity index is 2.44. The molecular weight excluding hydrogens is 360 g/mol. The maximum absolute atomic E-state index is 6.19. The highest BCUT2D eigenvalue weighted by atomic mass is 79.9. The lowest BCUT2D eigenvalue weighted by molar-refractivity contribution is 0.661. The molecule has 0 saturated heterocycles. The second-order valence-corrected chi connectivity index (χ2v) is 6.03. The van der Waals surface area contributed by atoms with Crippen molar-refractivity contribution < 1.29 is 0 Å². The van der Waals surface area contributed by atoms with Gasteiger partial charge >= 0.3 is 0 Å². The molecule has 20 heavy (non-hydrogen) atoms. The van der Waals surface area contributed by atoms with Crippen molar-refractivity contribution >= 4 is 50.9 Å². The second kappa shape index (κ2) is 5.02. The molecule has 0 atom stereocenters. The standard InChI is InChI=1S/C13H12BrClN4S/c1-3-18-12-11(7(2)17-18)16-13(20)19(12)9-6-4-5-8(15)10(9)14/h4-6H,3H2,1-2H3,(H,16,20). The van der Waals surface area contributed by atoms with Gasteiger partial charge in [-0.15, -0.1) is 0 Å². The largest absolute Gasteiger partial charge is 0.327 e. The first-order valence-electron chi connectivity index (χ1n) is 6.17. The van der Waals surface area contributed by atoms with Gasteiger partial charge in [-0.1, -0.05) is 17.7 Å². The normalized spacial score (nSPS) is 11.4. The molecule has 0 saturated carbocycles. The number of fused-ring (bicyclic) bond motifs is 1. The molecule has 1 aromatic carbocycles. The van der Waals surface area contributed by atoms with E-state index in [1.807, 2.05) is 34.4 Å². The third-order valence-corrected chi connectivity index (χ3v) is 4.88. The number of H-pyrrole nitrogens is 1. The Hall–Kier alpha value is -1.11. The molecule has 2 aromatic heterocycles. The highest BCUT2D eigenvalue weighted by molar-refractivity contribution is 9.10. The van der Waals surface area contributed by atoms with Gasteiger partial charge in [0.2, 0.25) is 0 Å². The van der Waals surface area contributed by atoms with E-state index in [1.54, 1.807) is 0 Å². The highest BCUT2D eigenvalue weighted by Gasteiger charge is 2.17. The molecule has 7 heteroatoms. The molecule has 0 spiro atoms. The van der Waals surface area contributed by atoms with Crippen LogP contribution in [0.15, 0.2) is 22.7 Å². The number of aromatic nitrogens is 4. The summed E-state index contributed by atoms with van der Waals surface area (Å²) < 4.78 is 5.35. The number of nitrogens with zero attached hydrogens (tertiary/aromatic N) is 3. The zero-order chi connectivity index (χ0) is 14.4. The van der Waals surface area contributed by atoms with Crippen LogP contribution in [0.5, 0.6) is 0 Å². The summed E-state index contributed by atoms with van der Waals surface area (Å²) >= 11 is 15.2. The topological polar surface area (TPSA) is 38.5 Å². The zero-order valence-electron chi connectivity index (χ0n) is 10.9. The van der Waals surface area contributed by atoms with Crippen molar-refractivity contribution in [2.24, 2.45) is 0 Å². The van der Waals surface area contributed by atoms with Crippen LogP contribution in [0.25, 0.3) is 16.9 Å². The minimum atomic E-state index is 0.630. The van der Waals surface area contributed by atoms with E-state index in [9.17, 15) is 0 Å². The molecule has 0 radical (unpaired) electrons. The summed E-state index contributed by atoms with van der Waals surface area (Å²) in [6.07, 6.45) is 0. The number of halogens is 2. The van der Waals surface area contributed by atoms with E-state index in [0.29, 0.717) is 9.79 Å². The van der Waals surface area contributed by atoms with Crippen LogP contribution in [0.1, 0.15) is 12.6 Å². The van der Waals surface area contributed by atoms with E-state index in [4.69, 9.17) is 23.8 Å². The average Bonchev–Trinajstić information content (AvgIpc) is 2.90. The zero-order valence-corrected chi connectivity index (χ0v) is 14.1. The van der Waals surface area contributed by atoms with Crippen molar-refractivity contribution in [3.05, 3.63) is 38.2 Å². The molecule has 2 heterocycles. The molecular formula is C13H12BrClN4S. The van der Waals surface area contributed by atoms with Crippen LogP contribution in [-0.4, -0.2) is 19.3 Å². The summed E-state index contributed by atoms with van der Waals surface area (Å²) in [6, 6.07) is 5.72. The summed E-state index contributed by atoms with van der Waals surface area (Å²) in [5.41, 5.74) is 3.76. The maximum atomic E-state index is 6.19. The fourth-order valence-electron chi connectivity index (χ4n) is 2.31. The molecule has 0 aliphatic carbocycles. The van der Waals surface area contributed by atoms with Gasteiger partial charge in [-0.25, -0.2) is 4.68 Å². The number of imidazole rings is 1. The van der Waals surface area contributed by atoms with E-state index in [1.165, 1.54) is 0 Å². The predicted molar refractivity (Wildman–Crippen MR) is 87.4 cm³/mol. The summed E-state index contributed by atoms with van der Waals surface area (Å²) in [7, 11) is 0. The van der Waals surface area contributed by atoms with Crippen molar-refractivity contribution in [1.82, 2.24) is 19.3 Å². The number of hydrogen-bond acceptors (Lipinski definition) is 2. The number of rotatable bonds is 2. The van der Waals surface area contributed by atoms with Crippen LogP contribution in [0, 0.1) is 11.7 Å². The summed E-state index contributed by atoms with van der Waals surface area (Å²) in [6.45, 7) is 4.80. The highest BCUT2D eigenvalue weighted by Crippen LogP contribution is 2.31. The molecule has 104 valence electrons. The van der Waals surface area contributed by atoms with Gasteiger partial charge in [0.1, 0.15) is 5.52 Å². The van der Waals surface area contributed by atoms with Crippen molar-refractivity contribution in [3.8, 4) is 5.69 Å². The summed E-state index contributed by atoms with van der Waals surface area (Å²) in [5, 5.41) is 5.17. The number of nitrogens with one attached hydrogen (secondary N) is 1. The summed E-state index contributed by atoms with van der Waals surface area (Å²) in [4.78, 5) is 3.23. The number of aromatic amines is 1. The molecule has 0 aliphatic rings. The van der Waals surface area contributed by atoms with Gasteiger partial charge in [-0.2, -0.15) is 5.10 Å². The van der Waals surface area contributed by atoms with Gasteiger partial charge in [-0.05, 0) is 54.1 Å². The fourth-order valence-corrected chi connectivity index (χ4v) is 3.21. The molecule has 0 unspecified atom stereocenters. The third-order valence-electron chi connectivity index (χ3n) is 3.22. The lowest BCUT2D eigenvalue weighted by Gasteiger charge is -2.09. The van der Waals surface area contributed by atoms with Crippen LogP contribution in [-0.2, 0) is 6.54 Å². The third kappa shape index (κ3) is 1.94. The molecule has 1 N–H and O–H groups in total. The molecule has 3 rings (SSSR count). The van der Waals surface area contributed by atoms with E-state index >= 15 is 0 Å². The Bertz CT molecular complexity index is 861. The van der Waals surface area contributed by atoms with Crippen molar-refractivity contribution in [2.75, 3.05) is 0 Å². The second-order valence-electron chi connectivity index (χ2n) is 4.44. The number of aryl methyl sites for hydroxylation is 2. The number of benzene rings is 1. The minimum absolute atomic E-state index is 0.630. The Morgan fingerprint density at radius 2 is 2.20 bits per heavy atom. The Labute approximate surface area is 134 Å². The van der Waals surface area contributed by atoms with Gasteiger partial charge in [-0.3, -0.25) is 4.57 Å². The molecule has 3 aromatic rings. The van der Waals surface area contributed by atoms with E-state index in [0.717, 1.165) is 33.6 Å². The van der Waals surface area contributed by atoms with Crippen LogP contribution < -0.4 is 0 Å². The monoisotopic (exact) mass is 370 g/mol. The first kappa shape index (κ1) is 13.9. The van der Waals surface area contributed by atoms with Crippen LogP contribution in [0.4, 0.5) is 0 Å². The van der Waals surface area contributed by atoms with E-state index in [2.05, 4.69) is 32.9 Å². The lowest BCUT2D eigenvalue weighted by atomic mass is 10.3. The molecule has 0 amide bonds. The van der Waals surface area contributed by atoms with Crippen molar-refractivity contribution in [3.63, 3.8) is 0 Å². The van der Waals surface area contributed by atoms with Gasteiger partial charge in [0.05, 0.1) is 20.9 Å². The molecule has 4 nitrogen and oxygen atoms in total. The smallest absolute Gasteiger partial charge is 0.184 e. The van der Waals surface area contributed by atoms with Crippen molar-refractivity contribution in [2.45, 2.75) is 20.4 Å². The van der Waals surface area contributed by atoms with E-state index in [-0.39, 0.29) is 0 Å². The Morgan fingerprint density at radius 1 is 1.45 bits per heavy atom. The fraction of sp³-hybridized carbons (Fsp3) is 0.231. The predicted octanol–water partition coefficient (Wildman–Crippen LogP) is 4.63. The van der Waals surface area contributed by atoms with Gasteiger partial charge < -0.3 is 4.98 Å². The van der Waals surface area contributed by atoms with Gasteiger partial charge in [0, 0.05) is 6.54 Å². The SMILES string of the molecule is CCn1nc(C)c2[nH]c(=S)n(-c3cccc(Cl)c3Br)c21. The first-order valence-corrected chi connectivity index (χ1v) is 7.75. The average molecular weight is 372 g/mol. The molecule has 0 fully saturated rings. The Morgan fingerprint density at radius 3 is 2.90 bits per heavy atom. The van der Waals surface area contributed by atoms with Crippen LogP contribution in [0.2, 0.25) is 5.02 Å². The van der Waals surface area contributed by atoms with E-state index < -0.39 is 0 Å². The van der Waals surface area contributed by atoms with Gasteiger partial charge in [0.25, 0.3) is 0 Å². The number of hydrogen-bond donors (Lipinski definition) is 1. The molecule has 0 aliphatic heterocycles. The minimum Gasteiger partial charge on any atom is -0.327 e. The summed E-state index contributed by atoms with van der Waals surface area (Å²) in [5.74, 6) is 0. The van der Waals surface area contributed by atoms with Crippen LogP contribution >= 0.6 is 39.7 Å². The van der Waals surface area contributed by atoms with Crippen molar-refractivity contribution in [1.29, 1.82) is 0 Å². The first-order chi connectivity index (χ1) is 9.54. The maximum Gasteiger partial charge on any atom is 0.184 e.